The Kier molecular flexibility index (Phi) is 31.2. The van der Waals surface area contributed by atoms with E-state index in [0.717, 1.165) is 0 Å². The molecule has 38 heteroatoms. The van der Waals surface area contributed by atoms with Gasteiger partial charge < -0.3 is 48.6 Å². The van der Waals surface area contributed by atoms with Crippen molar-refractivity contribution in [1.82, 2.24) is 14.2 Å². The van der Waals surface area contributed by atoms with Crippen molar-refractivity contribution in [2.75, 3.05) is 32.7 Å². The summed E-state index contributed by atoms with van der Waals surface area (Å²) >= 11 is 0. The number of nitrogens with zero attached hydrogens (tertiary/aromatic N) is 2. The van der Waals surface area contributed by atoms with Gasteiger partial charge in [0.15, 0.2) is 11.9 Å². The molecule has 0 fully saturated rings. The number of nitrogens with two attached hydrogens (primary N) is 5. The van der Waals surface area contributed by atoms with Gasteiger partial charge in [-0.25, -0.2) is 74.7 Å². The maximum absolute atomic E-state index is 13.0. The zero-order valence-electron chi connectivity index (χ0n) is 58.1. The Hall–Kier alpha value is -11.8. The Morgan fingerprint density at radius 3 is 0.955 bits per heavy atom. The van der Waals surface area contributed by atoms with Crippen molar-refractivity contribution in [3.63, 3.8) is 0 Å². The maximum atomic E-state index is 13.0. The molecule has 0 spiro atoms. The summed E-state index contributed by atoms with van der Waals surface area (Å²) in [5.74, 6) is -2.77. The van der Waals surface area contributed by atoms with E-state index in [2.05, 4.69) is 50.2 Å². The number of carboxylic acids is 1. The number of aliphatic carboxylic acids is 1. The van der Waals surface area contributed by atoms with E-state index >= 15 is 0 Å². The first kappa shape index (κ1) is 87.2. The number of guanidine groups is 2. The van der Waals surface area contributed by atoms with E-state index < -0.39 is 103 Å². The molecule has 0 amide bonds. The predicted octanol–water partition coefficient (Wildman–Crippen LogP) is 8.19. The van der Waals surface area contributed by atoms with Gasteiger partial charge in [0, 0.05) is 22.7 Å². The molecule has 0 heterocycles. The SMILES string of the molecule is C.C=C(N)Nc1cccc(S(=O)(=O)Nc2cccc(C(CC(=O)OCC)NS(=O)(=O)c3ccccc3)c2)c1.CCOC(=O)CC(NS(=O)(=O)c1ccccc1)c1cccc(NS(=O)(=O)c2cccc(N=C(N)N)c2)c1.NC(N)=Nc1cccc(S(=O)(=O)Nc2cccc(C(CC(=O)O)NS(=O)(=O)c3ccccc3)c2)c1. The Morgan fingerprint density at radius 2 is 0.655 bits per heavy atom. The lowest BCUT2D eigenvalue weighted by atomic mass is 10.0. The summed E-state index contributed by atoms with van der Waals surface area (Å²) in [6.45, 7) is 7.06. The highest BCUT2D eigenvalue weighted by molar-refractivity contribution is 7.93. The van der Waals surface area contributed by atoms with Gasteiger partial charge >= 0.3 is 17.9 Å². The number of sulfonamides is 6. The van der Waals surface area contributed by atoms with Crippen molar-refractivity contribution in [1.29, 1.82) is 0 Å². The fraction of sp³-hybridized carbons (Fsp3) is 0.153. The summed E-state index contributed by atoms with van der Waals surface area (Å²) in [4.78, 5) is 43.4. The third-order valence-electron chi connectivity index (χ3n) is 14.6. The fourth-order valence-electron chi connectivity index (χ4n) is 9.96. The van der Waals surface area contributed by atoms with Crippen LogP contribution in [0.5, 0.6) is 0 Å². The van der Waals surface area contributed by atoms with Crippen molar-refractivity contribution in [3.05, 3.63) is 266 Å². The molecular weight excluding hydrogens is 1540 g/mol. The van der Waals surface area contributed by atoms with E-state index in [0.29, 0.717) is 16.8 Å². The lowest BCUT2D eigenvalue weighted by molar-refractivity contribution is -0.144. The molecule has 0 bridgehead atoms. The highest BCUT2D eigenvalue weighted by Gasteiger charge is 2.29. The number of carbonyl (C=O) groups excluding carboxylic acids is 2. The van der Waals surface area contributed by atoms with Gasteiger partial charge in [0.05, 0.1) is 97.2 Å². The topological polar surface area (TPSA) is 534 Å². The van der Waals surface area contributed by atoms with Crippen molar-refractivity contribution in [3.8, 4) is 0 Å². The standard InChI is InChI=1S/C25H28N4O6S2.C24H27N5O6S2.C22H23N5O6S2.CH4/c1-3-35-25(30)17-24(29-36(31,32)22-12-5-4-6-13-22)19-9-7-11-21(15-19)28-37(33,34)23-14-8-10-20(16-23)27-18(2)26;1-2-35-23(30)16-22(29-36(31,32)20-11-4-3-5-12-20)17-8-6-10-19(14-17)28-37(33,34)21-13-7-9-18(15-21)27-24(25)26;23-22(24)25-16-7-5-11-19(13-16)35(32,33)26-17-8-4-6-15(12-17)20(14-21(28)29)27-34(30,31)18-9-2-1-3-10-18;/h4-16,24,27-29H,2-3,17,26H2,1H3;3-15,22,28-29H,2,16H2,1H3,(H4,25,26,27);1-13,20,26-27H,14H2,(H,28,29)(H4,23,24,25);1H4. The number of anilines is 4. The van der Waals surface area contributed by atoms with E-state index in [-0.39, 0.29) is 115 Å². The van der Waals surface area contributed by atoms with E-state index in [4.69, 9.17) is 38.1 Å². The Bertz CT molecular complexity index is 5500. The fourth-order valence-corrected chi connectivity index (χ4v) is 17.0. The van der Waals surface area contributed by atoms with E-state index in [1.54, 1.807) is 98.8 Å². The van der Waals surface area contributed by atoms with Crippen molar-refractivity contribution >= 4 is 124 Å². The number of hydrogen-bond donors (Lipinski definition) is 13. The first-order chi connectivity index (χ1) is 51.5. The van der Waals surface area contributed by atoms with Crippen LogP contribution in [0.2, 0.25) is 0 Å². The molecule has 0 aromatic heterocycles. The third kappa shape index (κ3) is 26.9. The quantitative estimate of drug-likeness (QED) is 0.0105. The second kappa shape index (κ2) is 39.4. The van der Waals surface area contributed by atoms with Crippen LogP contribution in [0.15, 0.2) is 288 Å². The van der Waals surface area contributed by atoms with Crippen LogP contribution in [0.3, 0.4) is 0 Å². The van der Waals surface area contributed by atoms with Crippen LogP contribution in [0, 0.1) is 0 Å². The lowest BCUT2D eigenvalue weighted by Gasteiger charge is -2.20. The van der Waals surface area contributed by atoms with Gasteiger partial charge in [0.2, 0.25) is 30.1 Å². The van der Waals surface area contributed by atoms with E-state index in [9.17, 15) is 70.0 Å². The summed E-state index contributed by atoms with van der Waals surface area (Å²) in [5, 5.41) is 12.1. The van der Waals surface area contributed by atoms with Crippen molar-refractivity contribution in [2.24, 2.45) is 38.7 Å². The van der Waals surface area contributed by atoms with Crippen LogP contribution in [0.1, 0.15) is 75.4 Å². The van der Waals surface area contributed by atoms with Crippen molar-refractivity contribution < 1.29 is 79.5 Å². The first-order valence-electron chi connectivity index (χ1n) is 32.3. The second-order valence-electron chi connectivity index (χ2n) is 23.0. The minimum Gasteiger partial charge on any atom is -0.481 e. The molecule has 0 saturated heterocycles. The maximum Gasteiger partial charge on any atom is 0.307 e. The van der Waals surface area contributed by atoms with Crippen LogP contribution < -0.4 is 62.3 Å². The summed E-state index contributed by atoms with van der Waals surface area (Å²) in [6, 6.07) is 54.9. The molecule has 9 aromatic rings. The molecule has 0 aliphatic rings. The molecule has 110 heavy (non-hydrogen) atoms. The third-order valence-corrected chi connectivity index (χ3v) is 23.2. The number of carbonyl (C=O) groups is 3. The van der Waals surface area contributed by atoms with Gasteiger partial charge in [-0.15, -0.1) is 0 Å². The highest BCUT2D eigenvalue weighted by Crippen LogP contribution is 2.31. The van der Waals surface area contributed by atoms with E-state index in [1.165, 1.54) is 152 Å². The minimum absolute atomic E-state index is 0. The molecule has 9 rings (SSSR count). The number of carboxylic acid groups (broad SMARTS) is 1. The normalized spacial score (nSPS) is 12.3. The number of nitrogens with one attached hydrogen (secondary N) is 7. The average Bonchev–Trinajstić information content (AvgIpc) is 0.817. The number of hydrogen-bond acceptors (Lipinski definition) is 21. The van der Waals surface area contributed by atoms with Gasteiger partial charge in [-0.05, 0) is 158 Å². The molecule has 3 atom stereocenters. The van der Waals surface area contributed by atoms with Crippen LogP contribution in [-0.4, -0.2) is 98.7 Å². The van der Waals surface area contributed by atoms with Crippen LogP contribution in [-0.2, 0) is 84.0 Å². The Labute approximate surface area is 638 Å². The first-order valence-corrected chi connectivity index (χ1v) is 41.2. The smallest absolute Gasteiger partial charge is 0.307 e. The summed E-state index contributed by atoms with van der Waals surface area (Å²) < 4.78 is 180. The van der Waals surface area contributed by atoms with Crippen molar-refractivity contribution in [2.45, 2.75) is 88.0 Å². The Morgan fingerprint density at radius 1 is 0.373 bits per heavy atom. The van der Waals surface area contributed by atoms with Crippen LogP contribution in [0.25, 0.3) is 0 Å². The highest BCUT2D eigenvalue weighted by atomic mass is 32.2. The average molecular weight is 1620 g/mol. The van der Waals surface area contributed by atoms with Gasteiger partial charge in [-0.1, -0.05) is 123 Å². The lowest BCUT2D eigenvalue weighted by Crippen LogP contribution is -2.31. The monoisotopic (exact) mass is 1620 g/mol. The molecule has 0 aliphatic heterocycles. The number of aliphatic imine (C=N–C) groups is 2. The molecule has 0 saturated carbocycles. The molecular formula is C72H82N14O18S6. The second-order valence-corrected chi connectivity index (χ2v) is 33.2. The minimum atomic E-state index is -4.07. The number of esters is 2. The molecule has 9 aromatic carbocycles. The van der Waals surface area contributed by atoms with Crippen LogP contribution >= 0.6 is 0 Å². The van der Waals surface area contributed by atoms with Gasteiger partial charge in [-0.3, -0.25) is 28.5 Å². The number of ether oxygens (including phenoxy) is 2. The summed E-state index contributed by atoms with van der Waals surface area (Å²) in [5.41, 5.74) is 29.3. The van der Waals surface area contributed by atoms with Crippen LogP contribution in [0.4, 0.5) is 34.1 Å². The van der Waals surface area contributed by atoms with Gasteiger partial charge in [-0.2, -0.15) is 0 Å². The molecule has 3 unspecified atom stereocenters. The Balaban J connectivity index is 0.000000257. The van der Waals surface area contributed by atoms with E-state index in [1.807, 2.05) is 0 Å². The van der Waals surface area contributed by atoms with Gasteiger partial charge in [0.1, 0.15) is 0 Å². The number of rotatable bonds is 33. The molecule has 18 N–H and O–H groups in total. The predicted molar refractivity (Wildman–Crippen MR) is 419 cm³/mol. The zero-order valence-corrected chi connectivity index (χ0v) is 63.0. The molecule has 0 aliphatic carbocycles. The summed E-state index contributed by atoms with van der Waals surface area (Å²) in [7, 11) is -24.2. The largest absolute Gasteiger partial charge is 0.481 e. The number of benzene rings is 9. The molecule has 0 radical (unpaired) electrons. The van der Waals surface area contributed by atoms with Gasteiger partial charge in [0.25, 0.3) is 30.1 Å². The summed E-state index contributed by atoms with van der Waals surface area (Å²) in [6.07, 6.45) is -1.17. The molecule has 584 valence electrons. The zero-order chi connectivity index (χ0) is 79.7. The molecule has 32 nitrogen and oxygen atoms in total.